The Balaban J connectivity index is 2.53. The number of halogens is 1. The molecular formula is C12H15FN2O2. The minimum absolute atomic E-state index is 0.0385. The topological polar surface area (TPSA) is 49.4 Å². The third-order valence-electron chi connectivity index (χ3n) is 2.22. The average molecular weight is 238 g/mol. The van der Waals surface area contributed by atoms with Gasteiger partial charge in [0.1, 0.15) is 5.82 Å². The molecule has 1 aromatic carbocycles. The number of anilines is 1. The molecule has 5 heteroatoms. The monoisotopic (exact) mass is 238 g/mol. The highest BCUT2D eigenvalue weighted by Crippen LogP contribution is 2.08. The van der Waals surface area contributed by atoms with Crippen LogP contribution < -0.4 is 5.32 Å². The van der Waals surface area contributed by atoms with E-state index in [4.69, 9.17) is 0 Å². The van der Waals surface area contributed by atoms with Gasteiger partial charge in [-0.15, -0.1) is 0 Å². The Morgan fingerprint density at radius 1 is 1.41 bits per heavy atom. The number of carbonyl (C=O) groups excluding carboxylic acids is 2. The van der Waals surface area contributed by atoms with E-state index in [0.29, 0.717) is 12.1 Å². The van der Waals surface area contributed by atoms with E-state index < -0.39 is 5.82 Å². The first-order valence-electron chi connectivity index (χ1n) is 5.32. The molecule has 0 bridgehead atoms. The number of hydrogen-bond donors (Lipinski definition) is 1. The number of nitrogens with zero attached hydrogens (tertiary/aromatic N) is 1. The molecule has 0 spiro atoms. The molecule has 0 aliphatic carbocycles. The molecule has 0 heterocycles. The number of nitrogens with one attached hydrogen (secondary N) is 1. The van der Waals surface area contributed by atoms with Crippen LogP contribution in [0.1, 0.15) is 13.3 Å². The van der Waals surface area contributed by atoms with E-state index in [1.807, 2.05) is 0 Å². The second-order valence-corrected chi connectivity index (χ2v) is 3.66. The van der Waals surface area contributed by atoms with Gasteiger partial charge in [-0.25, -0.2) is 4.39 Å². The molecule has 0 atom stereocenters. The summed E-state index contributed by atoms with van der Waals surface area (Å²) < 4.78 is 12.8. The summed E-state index contributed by atoms with van der Waals surface area (Å²) in [4.78, 5) is 24.1. The Morgan fingerprint density at radius 3 is 2.71 bits per heavy atom. The Kier molecular flexibility index (Phi) is 4.63. The van der Waals surface area contributed by atoms with Crippen LogP contribution in [0.15, 0.2) is 24.3 Å². The van der Waals surface area contributed by atoms with Gasteiger partial charge < -0.3 is 10.2 Å². The second-order valence-electron chi connectivity index (χ2n) is 3.66. The number of carbonyl (C=O) groups is 2. The van der Waals surface area contributed by atoms with Crippen LogP contribution >= 0.6 is 0 Å². The molecular weight excluding hydrogens is 223 g/mol. The molecule has 17 heavy (non-hydrogen) atoms. The first-order valence-corrected chi connectivity index (χ1v) is 5.32. The standard InChI is InChI=1S/C12H15FN2O2/c1-3-12(17)15(2)8-11(16)14-10-6-4-5-9(13)7-10/h4-7H,3,8H2,1-2H3,(H,14,16). The van der Waals surface area contributed by atoms with Gasteiger partial charge in [-0.1, -0.05) is 13.0 Å². The molecule has 1 N–H and O–H groups in total. The second kappa shape index (κ2) is 5.98. The highest BCUT2D eigenvalue weighted by Gasteiger charge is 2.11. The zero-order valence-corrected chi connectivity index (χ0v) is 9.87. The van der Waals surface area contributed by atoms with Crippen molar-refractivity contribution in [1.82, 2.24) is 4.90 Å². The van der Waals surface area contributed by atoms with E-state index in [0.717, 1.165) is 0 Å². The van der Waals surface area contributed by atoms with E-state index in [1.54, 1.807) is 20.0 Å². The fourth-order valence-corrected chi connectivity index (χ4v) is 1.34. The fourth-order valence-electron chi connectivity index (χ4n) is 1.34. The molecule has 92 valence electrons. The zero-order chi connectivity index (χ0) is 12.8. The van der Waals surface area contributed by atoms with Crippen LogP contribution in [-0.2, 0) is 9.59 Å². The molecule has 4 nitrogen and oxygen atoms in total. The summed E-state index contributed by atoms with van der Waals surface area (Å²) in [6.45, 7) is 1.69. The Morgan fingerprint density at radius 2 is 2.12 bits per heavy atom. The highest BCUT2D eigenvalue weighted by atomic mass is 19.1. The smallest absolute Gasteiger partial charge is 0.243 e. The Bertz CT molecular complexity index is 421. The van der Waals surface area contributed by atoms with Crippen molar-refractivity contribution in [2.24, 2.45) is 0 Å². The molecule has 0 unspecified atom stereocenters. The van der Waals surface area contributed by atoms with Gasteiger partial charge in [-0.2, -0.15) is 0 Å². The van der Waals surface area contributed by atoms with Crippen LogP contribution in [0.25, 0.3) is 0 Å². The Hall–Kier alpha value is -1.91. The lowest BCUT2D eigenvalue weighted by molar-refractivity contribution is -0.133. The number of benzene rings is 1. The average Bonchev–Trinajstić information content (AvgIpc) is 2.27. The van der Waals surface area contributed by atoms with Gasteiger partial charge in [-0.05, 0) is 18.2 Å². The lowest BCUT2D eigenvalue weighted by Gasteiger charge is -2.15. The summed E-state index contributed by atoms with van der Waals surface area (Å²) in [7, 11) is 1.55. The molecule has 0 radical (unpaired) electrons. The van der Waals surface area contributed by atoms with Crippen LogP contribution in [0.5, 0.6) is 0 Å². The molecule has 1 aromatic rings. The van der Waals surface area contributed by atoms with E-state index in [9.17, 15) is 14.0 Å². The SMILES string of the molecule is CCC(=O)N(C)CC(=O)Nc1cccc(F)c1. The number of hydrogen-bond acceptors (Lipinski definition) is 2. The molecule has 0 aliphatic rings. The van der Waals surface area contributed by atoms with E-state index >= 15 is 0 Å². The van der Waals surface area contributed by atoms with E-state index in [1.165, 1.54) is 23.1 Å². The molecule has 2 amide bonds. The van der Waals surface area contributed by atoms with Gasteiger partial charge >= 0.3 is 0 Å². The van der Waals surface area contributed by atoms with Crippen molar-refractivity contribution in [3.05, 3.63) is 30.1 Å². The van der Waals surface area contributed by atoms with E-state index in [-0.39, 0.29) is 18.4 Å². The van der Waals surface area contributed by atoms with Crippen LogP contribution in [0.4, 0.5) is 10.1 Å². The summed E-state index contributed by atoms with van der Waals surface area (Å²) in [6, 6.07) is 5.61. The van der Waals surface area contributed by atoms with Crippen LogP contribution in [-0.4, -0.2) is 30.3 Å². The van der Waals surface area contributed by atoms with Crippen molar-refractivity contribution in [1.29, 1.82) is 0 Å². The molecule has 1 rings (SSSR count). The summed E-state index contributed by atoms with van der Waals surface area (Å²) in [5.41, 5.74) is 0.382. The lowest BCUT2D eigenvalue weighted by Crippen LogP contribution is -2.34. The van der Waals surface area contributed by atoms with Crippen molar-refractivity contribution < 1.29 is 14.0 Å². The van der Waals surface area contributed by atoms with Crippen molar-refractivity contribution >= 4 is 17.5 Å². The largest absolute Gasteiger partial charge is 0.336 e. The maximum Gasteiger partial charge on any atom is 0.243 e. The van der Waals surface area contributed by atoms with Crippen LogP contribution in [0.3, 0.4) is 0 Å². The number of likely N-dealkylation sites (N-methyl/N-ethyl adjacent to an activating group) is 1. The highest BCUT2D eigenvalue weighted by molar-refractivity contribution is 5.94. The van der Waals surface area contributed by atoms with Crippen molar-refractivity contribution in [3.63, 3.8) is 0 Å². The van der Waals surface area contributed by atoms with Crippen LogP contribution in [0, 0.1) is 5.82 Å². The number of rotatable bonds is 4. The molecule has 0 saturated carbocycles. The van der Waals surface area contributed by atoms with Gasteiger partial charge in [0.2, 0.25) is 11.8 Å². The van der Waals surface area contributed by atoms with Gasteiger partial charge in [0.15, 0.2) is 0 Å². The summed E-state index contributed by atoms with van der Waals surface area (Å²) >= 11 is 0. The minimum Gasteiger partial charge on any atom is -0.336 e. The van der Waals surface area contributed by atoms with Crippen molar-refractivity contribution in [3.8, 4) is 0 Å². The minimum atomic E-state index is -0.416. The number of amides is 2. The van der Waals surface area contributed by atoms with Gasteiger partial charge in [0.05, 0.1) is 6.54 Å². The van der Waals surface area contributed by atoms with Crippen LogP contribution in [0.2, 0.25) is 0 Å². The van der Waals surface area contributed by atoms with Crippen molar-refractivity contribution in [2.75, 3.05) is 18.9 Å². The zero-order valence-electron chi connectivity index (χ0n) is 9.87. The first-order chi connectivity index (χ1) is 8.02. The summed E-state index contributed by atoms with van der Waals surface area (Å²) in [6.07, 6.45) is 0.351. The predicted octanol–water partition coefficient (Wildman–Crippen LogP) is 1.63. The fraction of sp³-hybridized carbons (Fsp3) is 0.333. The predicted molar refractivity (Wildman–Crippen MR) is 63.0 cm³/mol. The first kappa shape index (κ1) is 13.2. The van der Waals surface area contributed by atoms with Crippen molar-refractivity contribution in [2.45, 2.75) is 13.3 Å². The normalized spacial score (nSPS) is 9.82. The summed E-state index contributed by atoms with van der Waals surface area (Å²) in [5, 5.41) is 2.52. The maximum absolute atomic E-state index is 12.8. The van der Waals surface area contributed by atoms with Gasteiger partial charge in [0.25, 0.3) is 0 Å². The van der Waals surface area contributed by atoms with Gasteiger partial charge in [-0.3, -0.25) is 9.59 Å². The lowest BCUT2D eigenvalue weighted by atomic mass is 10.3. The molecule has 0 saturated heterocycles. The van der Waals surface area contributed by atoms with E-state index in [2.05, 4.69) is 5.32 Å². The molecule has 0 fully saturated rings. The Labute approximate surface area is 99.4 Å². The molecule has 0 aliphatic heterocycles. The summed E-state index contributed by atoms with van der Waals surface area (Å²) in [5.74, 6) is -0.875. The molecule has 0 aromatic heterocycles. The third-order valence-corrected chi connectivity index (χ3v) is 2.22. The third kappa shape index (κ3) is 4.22. The maximum atomic E-state index is 12.8. The quantitative estimate of drug-likeness (QED) is 0.866. The van der Waals surface area contributed by atoms with Gasteiger partial charge in [0, 0.05) is 19.2 Å².